The van der Waals surface area contributed by atoms with Crippen LogP contribution in [0.4, 0.5) is 0 Å². The molecule has 0 aromatic carbocycles. The van der Waals surface area contributed by atoms with Crippen molar-refractivity contribution in [3.8, 4) is 0 Å². The average Bonchev–Trinajstić information content (AvgIpc) is 2.56. The highest BCUT2D eigenvalue weighted by Gasteiger charge is 2.75. The first-order valence-corrected chi connectivity index (χ1v) is 8.36. The summed E-state index contributed by atoms with van der Waals surface area (Å²) in [5.41, 5.74) is 1.88. The first kappa shape index (κ1) is 15.4. The van der Waals surface area contributed by atoms with Crippen molar-refractivity contribution in [1.82, 2.24) is 0 Å². The Labute approximate surface area is 121 Å². The highest BCUT2D eigenvalue weighted by Crippen LogP contribution is 2.80. The van der Waals surface area contributed by atoms with Crippen LogP contribution in [0, 0.1) is 45.3 Å². The molecule has 0 nitrogen and oxygen atoms in total. The van der Waals surface area contributed by atoms with Crippen molar-refractivity contribution in [3.05, 3.63) is 0 Å². The molecule has 0 aromatic heterocycles. The molecular weight excluding hydrogens is 228 g/mol. The number of hydrogen-bond donors (Lipinski definition) is 0. The third kappa shape index (κ3) is 1.47. The van der Waals surface area contributed by atoms with Crippen LogP contribution < -0.4 is 0 Å². The van der Waals surface area contributed by atoms with Gasteiger partial charge in [-0.15, -0.1) is 0 Å². The van der Waals surface area contributed by atoms with Gasteiger partial charge in [-0.3, -0.25) is 0 Å². The largest absolute Gasteiger partial charge is 0.0648 e. The molecule has 6 unspecified atom stereocenters. The lowest BCUT2D eigenvalue weighted by molar-refractivity contribution is -0.0713. The maximum atomic E-state index is 2.62. The van der Waals surface area contributed by atoms with E-state index in [1.54, 1.807) is 0 Å². The molecule has 0 spiro atoms. The first-order valence-electron chi connectivity index (χ1n) is 8.36. The van der Waals surface area contributed by atoms with Crippen LogP contribution in [0.5, 0.6) is 0 Å². The summed E-state index contributed by atoms with van der Waals surface area (Å²) in [6.45, 7) is 25.2. The van der Waals surface area contributed by atoms with Gasteiger partial charge >= 0.3 is 0 Å². The van der Waals surface area contributed by atoms with Gasteiger partial charge in [0.25, 0.3) is 0 Å². The lowest BCUT2D eigenvalue weighted by Crippen LogP contribution is -2.49. The van der Waals surface area contributed by atoms with E-state index in [1.807, 2.05) is 0 Å². The summed E-state index contributed by atoms with van der Waals surface area (Å²) in [6.07, 6.45) is 1.33. The van der Waals surface area contributed by atoms with E-state index in [0.717, 1.165) is 23.7 Å². The Balaban J connectivity index is 2.67. The van der Waals surface area contributed by atoms with Crippen molar-refractivity contribution < 1.29 is 0 Å². The number of hydrogen-bond acceptors (Lipinski definition) is 0. The van der Waals surface area contributed by atoms with Gasteiger partial charge < -0.3 is 0 Å². The molecule has 0 amide bonds. The van der Waals surface area contributed by atoms with Crippen molar-refractivity contribution in [2.75, 3.05) is 0 Å². The highest BCUT2D eigenvalue weighted by molar-refractivity contribution is 5.22. The summed E-state index contributed by atoms with van der Waals surface area (Å²) in [5.74, 6) is 3.39. The Morgan fingerprint density at radius 1 is 0.947 bits per heavy atom. The van der Waals surface area contributed by atoms with Crippen LogP contribution in [0.3, 0.4) is 0 Å². The van der Waals surface area contributed by atoms with Crippen LogP contribution in [0.15, 0.2) is 0 Å². The molecule has 0 aromatic rings. The van der Waals surface area contributed by atoms with Crippen LogP contribution in [-0.2, 0) is 0 Å². The minimum Gasteiger partial charge on any atom is -0.0648 e. The Hall–Kier alpha value is 0. The van der Waals surface area contributed by atoms with Gasteiger partial charge in [0.2, 0.25) is 0 Å². The van der Waals surface area contributed by atoms with Gasteiger partial charge in [0.1, 0.15) is 0 Å². The standard InChI is InChI=1S/C19H36/c1-11-18(9)13(3)19(10)15(16(4,5)6)14(18)12(2)17(19,7)8/h12-15H,11H2,1-10H3. The lowest BCUT2D eigenvalue weighted by atomic mass is 9.49. The number of fused-ring (bicyclic) bond motifs is 2. The molecule has 2 rings (SSSR count). The molecule has 0 saturated heterocycles. The average molecular weight is 264 g/mol. The van der Waals surface area contributed by atoms with Gasteiger partial charge in [-0.2, -0.15) is 0 Å². The summed E-state index contributed by atoms with van der Waals surface area (Å²) in [5, 5.41) is 0. The molecule has 2 aliphatic rings. The maximum absolute atomic E-state index is 2.62. The first-order chi connectivity index (χ1) is 8.36. The lowest BCUT2D eigenvalue weighted by Gasteiger charge is -2.55. The minimum absolute atomic E-state index is 0.419. The summed E-state index contributed by atoms with van der Waals surface area (Å²) < 4.78 is 0. The predicted molar refractivity (Wildman–Crippen MR) is 85.0 cm³/mol. The Kier molecular flexibility index (Phi) is 3.08. The smallest absolute Gasteiger partial charge is 0.0205 e. The van der Waals surface area contributed by atoms with E-state index in [4.69, 9.17) is 0 Å². The molecule has 2 saturated carbocycles. The SMILES string of the molecule is CCC1(C)C2C(C)C(C)(C)C(C)(C2C(C)(C)C)C1C. The fraction of sp³-hybridized carbons (Fsp3) is 1.00. The van der Waals surface area contributed by atoms with E-state index in [2.05, 4.69) is 69.2 Å². The van der Waals surface area contributed by atoms with Gasteiger partial charge in [-0.05, 0) is 45.3 Å². The number of rotatable bonds is 1. The molecule has 0 N–H and O–H groups in total. The molecule has 2 bridgehead atoms. The van der Waals surface area contributed by atoms with Crippen molar-refractivity contribution in [2.24, 2.45) is 45.3 Å². The second kappa shape index (κ2) is 3.80. The molecule has 0 aliphatic heterocycles. The predicted octanol–water partition coefficient (Wildman–Crippen LogP) is 6.01. The third-order valence-electron chi connectivity index (χ3n) is 8.42. The Morgan fingerprint density at radius 3 is 1.74 bits per heavy atom. The van der Waals surface area contributed by atoms with Gasteiger partial charge in [-0.1, -0.05) is 75.7 Å². The van der Waals surface area contributed by atoms with Crippen molar-refractivity contribution in [1.29, 1.82) is 0 Å². The molecule has 0 heterocycles. The zero-order valence-electron chi connectivity index (χ0n) is 15.0. The van der Waals surface area contributed by atoms with Crippen molar-refractivity contribution >= 4 is 0 Å². The van der Waals surface area contributed by atoms with Gasteiger partial charge in [0, 0.05) is 0 Å². The molecule has 0 radical (unpaired) electrons. The van der Waals surface area contributed by atoms with E-state index in [-0.39, 0.29) is 0 Å². The van der Waals surface area contributed by atoms with E-state index in [9.17, 15) is 0 Å². The van der Waals surface area contributed by atoms with Gasteiger partial charge in [-0.25, -0.2) is 0 Å². The zero-order chi connectivity index (χ0) is 15.0. The van der Waals surface area contributed by atoms with E-state index < -0.39 is 0 Å². The molecule has 0 heteroatoms. The monoisotopic (exact) mass is 264 g/mol. The van der Waals surface area contributed by atoms with E-state index in [0.29, 0.717) is 21.7 Å². The highest BCUT2D eigenvalue weighted by atomic mass is 14.8. The maximum Gasteiger partial charge on any atom is -0.0205 e. The summed E-state index contributed by atoms with van der Waals surface area (Å²) in [6, 6.07) is 0. The second-order valence-corrected chi connectivity index (χ2v) is 9.74. The summed E-state index contributed by atoms with van der Waals surface area (Å²) >= 11 is 0. The van der Waals surface area contributed by atoms with E-state index >= 15 is 0 Å². The molecule has 6 atom stereocenters. The second-order valence-electron chi connectivity index (χ2n) is 9.74. The van der Waals surface area contributed by atoms with Crippen molar-refractivity contribution in [2.45, 2.75) is 75.7 Å². The Morgan fingerprint density at radius 2 is 1.42 bits per heavy atom. The molecule has 19 heavy (non-hydrogen) atoms. The quantitative estimate of drug-likeness (QED) is 0.544. The molecular formula is C19H36. The molecule has 2 fully saturated rings. The normalized spacial score (nSPS) is 52.7. The van der Waals surface area contributed by atoms with Crippen LogP contribution in [0.1, 0.15) is 75.7 Å². The minimum atomic E-state index is 0.419. The Bertz CT molecular complexity index is 372. The van der Waals surface area contributed by atoms with Gasteiger partial charge in [0.05, 0.1) is 0 Å². The zero-order valence-corrected chi connectivity index (χ0v) is 15.0. The molecule has 112 valence electrons. The fourth-order valence-electron chi connectivity index (χ4n) is 6.73. The van der Waals surface area contributed by atoms with Crippen molar-refractivity contribution in [3.63, 3.8) is 0 Å². The topological polar surface area (TPSA) is 0 Å². The fourth-order valence-corrected chi connectivity index (χ4v) is 6.73. The third-order valence-corrected chi connectivity index (χ3v) is 8.42. The van der Waals surface area contributed by atoms with Crippen LogP contribution in [0.25, 0.3) is 0 Å². The van der Waals surface area contributed by atoms with Crippen LogP contribution >= 0.6 is 0 Å². The van der Waals surface area contributed by atoms with Crippen LogP contribution in [0.2, 0.25) is 0 Å². The summed E-state index contributed by atoms with van der Waals surface area (Å²) in [7, 11) is 0. The van der Waals surface area contributed by atoms with E-state index in [1.165, 1.54) is 6.42 Å². The molecule has 2 aliphatic carbocycles. The van der Waals surface area contributed by atoms with Gasteiger partial charge in [0.15, 0.2) is 0 Å². The van der Waals surface area contributed by atoms with Crippen LogP contribution in [-0.4, -0.2) is 0 Å². The summed E-state index contributed by atoms with van der Waals surface area (Å²) in [4.78, 5) is 0.